The van der Waals surface area contributed by atoms with Crippen LogP contribution in [-0.4, -0.2) is 13.0 Å². The summed E-state index contributed by atoms with van der Waals surface area (Å²) in [5.74, 6) is 0.428. The zero-order valence-electron chi connectivity index (χ0n) is 13.3. The normalized spacial score (nSPS) is 14.4. The molecule has 0 saturated heterocycles. The molecule has 3 heteroatoms. The van der Waals surface area contributed by atoms with Crippen LogP contribution in [0.2, 0.25) is 0 Å². The van der Waals surface area contributed by atoms with Crippen LogP contribution >= 0.6 is 0 Å². The molecule has 0 aliphatic heterocycles. The number of nitrogens with two attached hydrogens (primary N) is 1. The third-order valence-corrected chi connectivity index (χ3v) is 3.11. The van der Waals surface area contributed by atoms with Crippen LogP contribution in [0.5, 0.6) is 0 Å². The first-order valence-corrected chi connectivity index (χ1v) is 7.10. The topological polar surface area (TPSA) is 52.3 Å². The molecule has 0 saturated carbocycles. The average molecular weight is 277 g/mol. The average Bonchev–Trinajstić information content (AvgIpc) is 2.44. The first-order chi connectivity index (χ1) is 9.51. The van der Waals surface area contributed by atoms with Crippen LogP contribution < -0.4 is 5.73 Å². The molecular formula is C17H27NO2. The Hall–Kier alpha value is -1.77. The van der Waals surface area contributed by atoms with Crippen molar-refractivity contribution in [3.05, 3.63) is 46.8 Å². The van der Waals surface area contributed by atoms with Crippen LogP contribution in [0.3, 0.4) is 0 Å². The Balaban J connectivity index is 5.34. The van der Waals surface area contributed by atoms with Gasteiger partial charge in [-0.25, -0.2) is 0 Å². The minimum atomic E-state index is -0.397. The van der Waals surface area contributed by atoms with Crippen LogP contribution in [0.4, 0.5) is 0 Å². The maximum absolute atomic E-state index is 11.5. The predicted molar refractivity (Wildman–Crippen MR) is 85.1 cm³/mol. The van der Waals surface area contributed by atoms with E-state index in [2.05, 4.69) is 13.8 Å². The van der Waals surface area contributed by atoms with Crippen LogP contribution in [-0.2, 0) is 9.53 Å². The highest BCUT2D eigenvalue weighted by molar-refractivity contribution is 5.97. The summed E-state index contributed by atoms with van der Waals surface area (Å²) in [4.78, 5) is 11.5. The molecule has 20 heavy (non-hydrogen) atoms. The SMILES string of the molecule is C/C=C(\C=C/C(OC)=C(\C)CC)C(=C/CCC)/C(N)=O. The van der Waals surface area contributed by atoms with E-state index < -0.39 is 5.91 Å². The van der Waals surface area contributed by atoms with Crippen molar-refractivity contribution in [1.29, 1.82) is 0 Å². The lowest BCUT2D eigenvalue weighted by Gasteiger charge is -2.07. The van der Waals surface area contributed by atoms with Gasteiger partial charge in [0.25, 0.3) is 0 Å². The van der Waals surface area contributed by atoms with Gasteiger partial charge >= 0.3 is 0 Å². The summed E-state index contributed by atoms with van der Waals surface area (Å²) in [6.45, 7) is 8.07. The van der Waals surface area contributed by atoms with Crippen molar-refractivity contribution in [2.45, 2.75) is 47.0 Å². The summed E-state index contributed by atoms with van der Waals surface area (Å²) in [6, 6.07) is 0. The second-order valence-electron chi connectivity index (χ2n) is 4.55. The number of amides is 1. The molecule has 3 nitrogen and oxygen atoms in total. The summed E-state index contributed by atoms with van der Waals surface area (Å²) in [5.41, 5.74) is 8.01. The molecule has 1 amide bonds. The molecule has 2 N–H and O–H groups in total. The van der Waals surface area contributed by atoms with E-state index in [4.69, 9.17) is 10.5 Å². The second kappa shape index (κ2) is 10.1. The monoisotopic (exact) mass is 277 g/mol. The molecular weight excluding hydrogens is 250 g/mol. The number of carbonyl (C=O) groups is 1. The summed E-state index contributed by atoms with van der Waals surface area (Å²) in [5, 5.41) is 0. The molecule has 0 heterocycles. The molecule has 0 atom stereocenters. The van der Waals surface area contributed by atoms with E-state index in [1.807, 2.05) is 38.2 Å². The van der Waals surface area contributed by atoms with Crippen molar-refractivity contribution in [3.8, 4) is 0 Å². The number of allylic oxidation sites excluding steroid dienone is 5. The van der Waals surface area contributed by atoms with Gasteiger partial charge < -0.3 is 10.5 Å². The van der Waals surface area contributed by atoms with Gasteiger partial charge in [-0.3, -0.25) is 4.79 Å². The van der Waals surface area contributed by atoms with E-state index in [0.717, 1.165) is 36.2 Å². The third kappa shape index (κ3) is 5.91. The van der Waals surface area contributed by atoms with Gasteiger partial charge in [0, 0.05) is 5.57 Å². The standard InChI is InChI=1S/C17H27NO2/c1-6-9-10-15(17(18)19)14(8-3)11-12-16(20-5)13(4)7-2/h8,10-12H,6-7,9H2,1-5H3,(H2,18,19)/b12-11-,14-8+,15-10-,16-13-. The number of hydrogen-bond acceptors (Lipinski definition) is 2. The number of unbranched alkanes of at least 4 members (excludes halogenated alkanes) is 1. The minimum absolute atomic E-state index is 0.397. The zero-order chi connectivity index (χ0) is 15.5. The number of ether oxygens (including phenoxy) is 1. The van der Waals surface area contributed by atoms with Crippen LogP contribution in [0.15, 0.2) is 46.8 Å². The lowest BCUT2D eigenvalue weighted by molar-refractivity contribution is -0.114. The van der Waals surface area contributed by atoms with Crippen molar-refractivity contribution in [1.82, 2.24) is 0 Å². The fourth-order valence-corrected chi connectivity index (χ4v) is 1.72. The predicted octanol–water partition coefficient (Wildman–Crippen LogP) is 4.03. The number of primary amides is 1. The van der Waals surface area contributed by atoms with Crippen LogP contribution in [0.1, 0.15) is 47.0 Å². The van der Waals surface area contributed by atoms with E-state index in [9.17, 15) is 4.79 Å². The molecule has 112 valence electrons. The van der Waals surface area contributed by atoms with Crippen molar-refractivity contribution in [2.24, 2.45) is 5.73 Å². The van der Waals surface area contributed by atoms with E-state index in [0.29, 0.717) is 5.57 Å². The highest BCUT2D eigenvalue weighted by atomic mass is 16.5. The van der Waals surface area contributed by atoms with Crippen molar-refractivity contribution < 1.29 is 9.53 Å². The Morgan fingerprint density at radius 2 is 1.90 bits per heavy atom. The van der Waals surface area contributed by atoms with Gasteiger partial charge in [0.1, 0.15) is 5.76 Å². The van der Waals surface area contributed by atoms with Crippen LogP contribution in [0.25, 0.3) is 0 Å². The molecule has 0 radical (unpaired) electrons. The van der Waals surface area contributed by atoms with E-state index in [-0.39, 0.29) is 0 Å². The Bertz CT molecular complexity index is 440. The van der Waals surface area contributed by atoms with E-state index in [1.165, 1.54) is 0 Å². The van der Waals surface area contributed by atoms with Gasteiger partial charge in [-0.1, -0.05) is 38.5 Å². The Morgan fingerprint density at radius 3 is 2.30 bits per heavy atom. The number of hydrogen-bond donors (Lipinski definition) is 1. The van der Waals surface area contributed by atoms with E-state index in [1.54, 1.807) is 7.11 Å². The largest absolute Gasteiger partial charge is 0.497 e. The highest BCUT2D eigenvalue weighted by Gasteiger charge is 2.08. The number of methoxy groups -OCH3 is 1. The van der Waals surface area contributed by atoms with Gasteiger partial charge in [0.2, 0.25) is 5.91 Å². The van der Waals surface area contributed by atoms with Crippen LogP contribution in [0, 0.1) is 0 Å². The van der Waals surface area contributed by atoms with Gasteiger partial charge in [-0.05, 0) is 43.9 Å². The lowest BCUT2D eigenvalue weighted by Crippen LogP contribution is -2.15. The number of rotatable bonds is 8. The van der Waals surface area contributed by atoms with Gasteiger partial charge in [-0.15, -0.1) is 0 Å². The zero-order valence-corrected chi connectivity index (χ0v) is 13.3. The molecule has 0 aromatic rings. The Labute approximate surface area is 122 Å². The molecule has 0 unspecified atom stereocenters. The van der Waals surface area contributed by atoms with Crippen molar-refractivity contribution in [3.63, 3.8) is 0 Å². The fraction of sp³-hybridized carbons (Fsp3) is 0.471. The molecule has 0 spiro atoms. The summed E-state index contributed by atoms with van der Waals surface area (Å²) >= 11 is 0. The smallest absolute Gasteiger partial charge is 0.248 e. The lowest BCUT2D eigenvalue weighted by atomic mass is 10.0. The Kier molecular flexibility index (Phi) is 9.18. The van der Waals surface area contributed by atoms with Gasteiger partial charge in [-0.2, -0.15) is 0 Å². The highest BCUT2D eigenvalue weighted by Crippen LogP contribution is 2.16. The summed E-state index contributed by atoms with van der Waals surface area (Å²) in [7, 11) is 1.65. The second-order valence-corrected chi connectivity index (χ2v) is 4.55. The molecule has 0 aromatic carbocycles. The first kappa shape index (κ1) is 18.2. The van der Waals surface area contributed by atoms with E-state index >= 15 is 0 Å². The Morgan fingerprint density at radius 1 is 1.25 bits per heavy atom. The minimum Gasteiger partial charge on any atom is -0.497 e. The molecule has 0 aliphatic rings. The summed E-state index contributed by atoms with van der Waals surface area (Å²) < 4.78 is 5.35. The molecule has 0 rings (SSSR count). The van der Waals surface area contributed by atoms with Crippen molar-refractivity contribution in [2.75, 3.05) is 7.11 Å². The van der Waals surface area contributed by atoms with Crippen molar-refractivity contribution >= 4 is 5.91 Å². The third-order valence-electron chi connectivity index (χ3n) is 3.11. The molecule has 0 fully saturated rings. The molecule has 0 aliphatic carbocycles. The quantitative estimate of drug-likeness (QED) is 0.414. The maximum Gasteiger partial charge on any atom is 0.248 e. The molecule has 0 bridgehead atoms. The summed E-state index contributed by atoms with van der Waals surface area (Å²) in [6.07, 6.45) is 10.3. The fourth-order valence-electron chi connectivity index (χ4n) is 1.72. The maximum atomic E-state index is 11.5. The molecule has 0 aromatic heterocycles. The first-order valence-electron chi connectivity index (χ1n) is 7.10. The number of carbonyl (C=O) groups excluding carboxylic acids is 1. The van der Waals surface area contributed by atoms with Gasteiger partial charge in [0.15, 0.2) is 0 Å². The van der Waals surface area contributed by atoms with Gasteiger partial charge in [0.05, 0.1) is 7.11 Å².